The molecule has 0 aromatic heterocycles. The van der Waals surface area contributed by atoms with Gasteiger partial charge in [-0.3, -0.25) is 4.79 Å². The molecule has 1 aromatic carbocycles. The second-order valence-corrected chi connectivity index (χ2v) is 6.61. The second-order valence-electron chi connectivity index (χ2n) is 6.61. The summed E-state index contributed by atoms with van der Waals surface area (Å²) in [6.07, 6.45) is 2.12. The van der Waals surface area contributed by atoms with E-state index in [4.69, 9.17) is 9.47 Å². The summed E-state index contributed by atoms with van der Waals surface area (Å²) in [6, 6.07) is 8.38. The summed E-state index contributed by atoms with van der Waals surface area (Å²) in [6.45, 7) is 11.1. The Balaban J connectivity index is 2.22. The van der Waals surface area contributed by atoms with Gasteiger partial charge in [0.05, 0.1) is 13.2 Å². The Kier molecular flexibility index (Phi) is 9.81. The number of rotatable bonds is 12. The van der Waals surface area contributed by atoms with Crippen molar-refractivity contribution in [2.75, 3.05) is 26.4 Å². The second kappa shape index (κ2) is 11.4. The van der Waals surface area contributed by atoms with Crippen molar-refractivity contribution >= 4 is 5.78 Å². The maximum atomic E-state index is 12.1. The van der Waals surface area contributed by atoms with E-state index in [0.29, 0.717) is 38.6 Å². The van der Waals surface area contributed by atoms with Crippen LogP contribution in [0.4, 0.5) is 0 Å². The smallest absolute Gasteiger partial charge is 0.137 e. The number of hydrogen-bond donors (Lipinski definition) is 0. The van der Waals surface area contributed by atoms with Crippen LogP contribution in [0, 0.1) is 5.92 Å². The molecule has 0 aliphatic heterocycles. The normalized spacial score (nSPS) is 12.6. The van der Waals surface area contributed by atoms with E-state index in [2.05, 4.69) is 52.0 Å². The number of carbonyl (C=O) groups is 1. The summed E-state index contributed by atoms with van der Waals surface area (Å²) in [5, 5.41) is 0. The highest BCUT2D eigenvalue weighted by Crippen LogP contribution is 2.16. The molecule has 0 N–H and O–H groups in total. The molecule has 1 aromatic rings. The van der Waals surface area contributed by atoms with Gasteiger partial charge in [-0.2, -0.15) is 0 Å². The third kappa shape index (κ3) is 8.87. The first-order valence-electron chi connectivity index (χ1n) is 8.79. The largest absolute Gasteiger partial charge is 0.379 e. The monoisotopic (exact) mass is 320 g/mol. The fourth-order valence-corrected chi connectivity index (χ4v) is 2.42. The van der Waals surface area contributed by atoms with Gasteiger partial charge in [0, 0.05) is 26.1 Å². The number of hydrogen-bond acceptors (Lipinski definition) is 3. The first-order chi connectivity index (χ1) is 11.0. The molecule has 0 spiro atoms. The highest BCUT2D eigenvalue weighted by atomic mass is 16.5. The van der Waals surface area contributed by atoms with Gasteiger partial charge in [-0.25, -0.2) is 0 Å². The molecule has 0 saturated carbocycles. The lowest BCUT2D eigenvalue weighted by Crippen LogP contribution is -2.15. The van der Waals surface area contributed by atoms with Crippen molar-refractivity contribution in [1.29, 1.82) is 0 Å². The third-order valence-electron chi connectivity index (χ3n) is 3.75. The summed E-state index contributed by atoms with van der Waals surface area (Å²) < 4.78 is 10.9. The topological polar surface area (TPSA) is 35.5 Å². The molecule has 1 rings (SSSR count). The highest BCUT2D eigenvalue weighted by Gasteiger charge is 2.10. The molecule has 0 heterocycles. The maximum Gasteiger partial charge on any atom is 0.137 e. The lowest BCUT2D eigenvalue weighted by Gasteiger charge is -2.12. The van der Waals surface area contributed by atoms with Crippen LogP contribution >= 0.6 is 0 Å². The van der Waals surface area contributed by atoms with E-state index < -0.39 is 0 Å². The van der Waals surface area contributed by atoms with Crippen molar-refractivity contribution < 1.29 is 14.3 Å². The molecule has 1 unspecified atom stereocenters. The summed E-state index contributed by atoms with van der Waals surface area (Å²) in [7, 11) is 0. The molecule has 3 heteroatoms. The number of benzene rings is 1. The fraction of sp³-hybridized carbons (Fsp3) is 0.650. The molecule has 0 fully saturated rings. The van der Waals surface area contributed by atoms with Crippen LogP contribution in [0.2, 0.25) is 0 Å². The maximum absolute atomic E-state index is 12.1. The predicted octanol–water partition coefficient (Wildman–Crippen LogP) is 4.39. The standard InChI is InChI=1S/C20H32O3/c1-5-10-22-11-12-23-15-17(4)13-20(21)14-18-6-8-19(9-7-18)16(2)3/h6-9,16-17H,5,10-15H2,1-4H3. The molecule has 1 atom stereocenters. The first-order valence-corrected chi connectivity index (χ1v) is 8.79. The Morgan fingerprint density at radius 3 is 2.26 bits per heavy atom. The van der Waals surface area contributed by atoms with Gasteiger partial charge >= 0.3 is 0 Å². The Morgan fingerprint density at radius 2 is 1.65 bits per heavy atom. The zero-order valence-corrected chi connectivity index (χ0v) is 15.1. The molecular weight excluding hydrogens is 288 g/mol. The van der Waals surface area contributed by atoms with Gasteiger partial charge < -0.3 is 9.47 Å². The molecule has 0 bridgehead atoms. The molecule has 3 nitrogen and oxygen atoms in total. The van der Waals surface area contributed by atoms with E-state index in [1.807, 2.05) is 0 Å². The minimum atomic E-state index is 0.253. The van der Waals surface area contributed by atoms with Crippen molar-refractivity contribution in [3.8, 4) is 0 Å². The van der Waals surface area contributed by atoms with E-state index in [-0.39, 0.29) is 11.7 Å². The summed E-state index contributed by atoms with van der Waals surface area (Å²) >= 11 is 0. The third-order valence-corrected chi connectivity index (χ3v) is 3.75. The van der Waals surface area contributed by atoms with Crippen molar-refractivity contribution in [3.63, 3.8) is 0 Å². The molecule has 0 saturated heterocycles. The van der Waals surface area contributed by atoms with Gasteiger partial charge in [-0.05, 0) is 29.4 Å². The quantitative estimate of drug-likeness (QED) is 0.536. The fourth-order valence-electron chi connectivity index (χ4n) is 2.42. The van der Waals surface area contributed by atoms with Gasteiger partial charge in [0.25, 0.3) is 0 Å². The SMILES string of the molecule is CCCOCCOCC(C)CC(=O)Cc1ccc(C(C)C)cc1. The molecule has 23 heavy (non-hydrogen) atoms. The number of carbonyl (C=O) groups excluding carboxylic acids is 1. The Morgan fingerprint density at radius 1 is 1.00 bits per heavy atom. The Hall–Kier alpha value is -1.19. The van der Waals surface area contributed by atoms with Crippen LogP contribution < -0.4 is 0 Å². The average Bonchev–Trinajstić information content (AvgIpc) is 2.51. The van der Waals surface area contributed by atoms with Crippen molar-refractivity contribution in [3.05, 3.63) is 35.4 Å². The number of Topliss-reactive ketones (excluding diaryl/α,β-unsaturated/α-hetero) is 1. The number of ether oxygens (including phenoxy) is 2. The van der Waals surface area contributed by atoms with Gasteiger partial charge in [-0.1, -0.05) is 52.0 Å². The van der Waals surface area contributed by atoms with Crippen LogP contribution in [0.5, 0.6) is 0 Å². The van der Waals surface area contributed by atoms with E-state index >= 15 is 0 Å². The molecule has 130 valence electrons. The lowest BCUT2D eigenvalue weighted by molar-refractivity contribution is -0.119. The summed E-state index contributed by atoms with van der Waals surface area (Å²) in [5.74, 6) is 1.06. The van der Waals surface area contributed by atoms with Gasteiger partial charge in [0.1, 0.15) is 5.78 Å². The van der Waals surface area contributed by atoms with E-state index in [9.17, 15) is 4.79 Å². The lowest BCUT2D eigenvalue weighted by atomic mass is 9.97. The minimum Gasteiger partial charge on any atom is -0.379 e. The van der Waals surface area contributed by atoms with Gasteiger partial charge in [0.15, 0.2) is 0 Å². The van der Waals surface area contributed by atoms with Crippen molar-refractivity contribution in [2.45, 2.75) is 52.9 Å². The molecular formula is C20H32O3. The van der Waals surface area contributed by atoms with Crippen LogP contribution in [-0.2, 0) is 20.7 Å². The molecule has 0 aliphatic carbocycles. The van der Waals surface area contributed by atoms with Gasteiger partial charge in [0.2, 0.25) is 0 Å². The van der Waals surface area contributed by atoms with E-state index in [1.165, 1.54) is 5.56 Å². The first kappa shape index (κ1) is 19.9. The average molecular weight is 320 g/mol. The zero-order valence-electron chi connectivity index (χ0n) is 15.1. The summed E-state index contributed by atoms with van der Waals surface area (Å²) in [5.41, 5.74) is 2.41. The molecule has 0 amide bonds. The van der Waals surface area contributed by atoms with Crippen molar-refractivity contribution in [2.24, 2.45) is 5.92 Å². The van der Waals surface area contributed by atoms with Gasteiger partial charge in [-0.15, -0.1) is 0 Å². The van der Waals surface area contributed by atoms with Crippen LogP contribution in [0.1, 0.15) is 57.6 Å². The summed E-state index contributed by atoms with van der Waals surface area (Å²) in [4.78, 5) is 12.1. The van der Waals surface area contributed by atoms with E-state index in [1.54, 1.807) is 0 Å². The molecule has 0 aliphatic rings. The van der Waals surface area contributed by atoms with Crippen molar-refractivity contribution in [1.82, 2.24) is 0 Å². The van der Waals surface area contributed by atoms with E-state index in [0.717, 1.165) is 18.6 Å². The minimum absolute atomic E-state index is 0.253. The Bertz CT molecular complexity index is 437. The number of ketones is 1. The van der Waals surface area contributed by atoms with Crippen LogP contribution in [-0.4, -0.2) is 32.2 Å². The predicted molar refractivity (Wildman–Crippen MR) is 95.0 cm³/mol. The van der Waals surface area contributed by atoms with Crippen LogP contribution in [0.3, 0.4) is 0 Å². The zero-order chi connectivity index (χ0) is 17.1. The molecule has 0 radical (unpaired) electrons. The van der Waals surface area contributed by atoms with Crippen LogP contribution in [0.25, 0.3) is 0 Å². The highest BCUT2D eigenvalue weighted by molar-refractivity contribution is 5.81. The van der Waals surface area contributed by atoms with Crippen LogP contribution in [0.15, 0.2) is 24.3 Å². The Labute approximate surface area is 141 Å².